The Bertz CT molecular complexity index is 1580. The number of aliphatic hydroxyl groups is 1. The van der Waals surface area contributed by atoms with Crippen molar-refractivity contribution in [2.24, 2.45) is 11.8 Å². The molecule has 4 aliphatic heterocycles. The lowest BCUT2D eigenvalue weighted by Crippen LogP contribution is -2.56. The van der Waals surface area contributed by atoms with Gasteiger partial charge in [-0.05, 0) is 56.0 Å². The molecule has 0 radical (unpaired) electrons. The van der Waals surface area contributed by atoms with E-state index in [2.05, 4.69) is 0 Å². The highest BCUT2D eigenvalue weighted by Gasteiger charge is 2.73. The molecule has 2 fully saturated rings. The first-order valence-corrected chi connectivity index (χ1v) is 16.6. The molecule has 4 heterocycles. The van der Waals surface area contributed by atoms with Crippen LogP contribution >= 0.6 is 0 Å². The van der Waals surface area contributed by atoms with Gasteiger partial charge >= 0.3 is 5.97 Å². The van der Waals surface area contributed by atoms with Crippen molar-refractivity contribution in [3.63, 3.8) is 0 Å². The zero-order valence-electron chi connectivity index (χ0n) is 27.6. The molecule has 4 aliphatic rings. The highest BCUT2D eigenvalue weighted by Crippen LogP contribution is 2.56. The fourth-order valence-corrected chi connectivity index (χ4v) is 7.49. The number of rotatable bonds is 7. The molecule has 0 saturated carbocycles. The standard InChI is InChI=1S/C37H43N3O8/c1-24-32(25-12-6-4-7-13-25)47-36(45)30-28-19-20-37(48-28)31(30)34(43)40(22-10-11-23-41)33(37)35(44)39(26-15-17-27(46-3)18-16-26)21-9-5-8-14-29(42)38(24)2/h4-7,9,12-13,15-20,24,28,30-33,41H,8,10-11,14,21-23H2,1-3H3/b9-5-/t24-,28+,30-,31-,32+,33+,37-/m1/s1. The molecule has 1 N–H and O–H groups in total. The van der Waals surface area contributed by atoms with Crippen molar-refractivity contribution < 1.29 is 38.5 Å². The molecule has 48 heavy (non-hydrogen) atoms. The molecule has 0 aromatic heterocycles. The highest BCUT2D eigenvalue weighted by atomic mass is 16.6. The van der Waals surface area contributed by atoms with Crippen LogP contribution in [0.25, 0.3) is 0 Å². The van der Waals surface area contributed by atoms with Gasteiger partial charge in [-0.1, -0.05) is 54.6 Å². The van der Waals surface area contributed by atoms with Crippen molar-refractivity contribution in [1.29, 1.82) is 0 Å². The van der Waals surface area contributed by atoms with Crippen LogP contribution in [0.5, 0.6) is 5.75 Å². The van der Waals surface area contributed by atoms with Crippen LogP contribution in [0.1, 0.15) is 44.3 Å². The SMILES string of the molecule is COc1ccc(N2C/C=C\CCC(=O)N(C)[C@H](C)[C@@H](c3ccccc3)OC(=O)[C@@H]3[C@@H]4C=C[C@]5(O4)[C@H](C2=O)N(CCCCO)C(=O)[C@@H]35)cc1. The molecule has 6 rings (SSSR count). The minimum Gasteiger partial charge on any atom is -0.497 e. The molecule has 0 unspecified atom stereocenters. The maximum absolute atomic E-state index is 14.8. The summed E-state index contributed by atoms with van der Waals surface area (Å²) in [5, 5.41) is 9.53. The number of hydrogen-bond donors (Lipinski definition) is 1. The Morgan fingerprint density at radius 1 is 0.979 bits per heavy atom. The number of likely N-dealkylation sites (N-methyl/N-ethyl adjacent to an activating group) is 1. The number of methoxy groups -OCH3 is 1. The Labute approximate surface area is 280 Å². The Hall–Kier alpha value is -4.48. The number of benzene rings is 2. The molecule has 2 saturated heterocycles. The first-order valence-electron chi connectivity index (χ1n) is 16.6. The van der Waals surface area contributed by atoms with Crippen LogP contribution in [-0.4, -0.2) is 96.2 Å². The number of hydrogen-bond acceptors (Lipinski definition) is 8. The van der Waals surface area contributed by atoms with Gasteiger partial charge in [-0.2, -0.15) is 0 Å². The Morgan fingerprint density at radius 2 is 1.73 bits per heavy atom. The van der Waals surface area contributed by atoms with Crippen LogP contribution in [0.2, 0.25) is 0 Å². The Morgan fingerprint density at radius 3 is 2.44 bits per heavy atom. The summed E-state index contributed by atoms with van der Waals surface area (Å²) in [5.41, 5.74) is -0.0735. The molecule has 7 atom stereocenters. The van der Waals surface area contributed by atoms with Crippen LogP contribution in [0, 0.1) is 11.8 Å². The molecule has 3 amide bonds. The van der Waals surface area contributed by atoms with Crippen molar-refractivity contribution in [2.45, 2.75) is 62.5 Å². The second-order valence-electron chi connectivity index (χ2n) is 12.8. The number of allylic oxidation sites excluding steroid dienone is 1. The number of unbranched alkanes of at least 4 members (excludes halogenated alkanes) is 1. The maximum atomic E-state index is 14.8. The smallest absolute Gasteiger partial charge is 0.313 e. The average Bonchev–Trinajstić information content (AvgIpc) is 3.75. The van der Waals surface area contributed by atoms with Crippen molar-refractivity contribution in [1.82, 2.24) is 9.80 Å². The van der Waals surface area contributed by atoms with Gasteiger partial charge in [0.25, 0.3) is 5.91 Å². The van der Waals surface area contributed by atoms with Gasteiger partial charge in [0, 0.05) is 38.9 Å². The summed E-state index contributed by atoms with van der Waals surface area (Å²) in [5.74, 6) is -2.81. The zero-order valence-corrected chi connectivity index (χ0v) is 27.6. The summed E-state index contributed by atoms with van der Waals surface area (Å²) >= 11 is 0. The maximum Gasteiger partial charge on any atom is 0.313 e. The van der Waals surface area contributed by atoms with E-state index in [1.54, 1.807) is 60.4 Å². The summed E-state index contributed by atoms with van der Waals surface area (Å²) in [7, 11) is 3.27. The number of carbonyl (C=O) groups is 4. The molecule has 11 nitrogen and oxygen atoms in total. The van der Waals surface area contributed by atoms with E-state index in [-0.39, 0.29) is 43.8 Å². The third-order valence-corrected chi connectivity index (χ3v) is 10.1. The van der Waals surface area contributed by atoms with E-state index in [0.717, 1.165) is 5.56 Å². The summed E-state index contributed by atoms with van der Waals surface area (Å²) in [6.07, 6.45) is 7.27. The lowest BCUT2D eigenvalue weighted by Gasteiger charge is -2.36. The van der Waals surface area contributed by atoms with E-state index in [1.807, 2.05) is 49.4 Å². The average molecular weight is 658 g/mol. The zero-order chi connectivity index (χ0) is 34.0. The number of aliphatic hydroxyl groups excluding tert-OH is 1. The second-order valence-corrected chi connectivity index (χ2v) is 12.8. The summed E-state index contributed by atoms with van der Waals surface area (Å²) in [4.78, 5) is 61.6. The molecule has 1 spiro atoms. The normalized spacial score (nSPS) is 31.3. The molecule has 2 aromatic rings. The predicted molar refractivity (Wildman–Crippen MR) is 177 cm³/mol. The molecular formula is C37H43N3O8. The van der Waals surface area contributed by atoms with E-state index in [0.29, 0.717) is 30.7 Å². The highest BCUT2D eigenvalue weighted by molar-refractivity contribution is 6.05. The largest absolute Gasteiger partial charge is 0.497 e. The number of ether oxygens (including phenoxy) is 3. The molecule has 5 bridgehead atoms. The van der Waals surface area contributed by atoms with Crippen molar-refractivity contribution in [3.05, 3.63) is 84.5 Å². The van der Waals surface area contributed by atoms with Gasteiger partial charge < -0.3 is 34.0 Å². The minimum absolute atomic E-state index is 0.0541. The van der Waals surface area contributed by atoms with Crippen LogP contribution in [0.3, 0.4) is 0 Å². The lowest BCUT2D eigenvalue weighted by molar-refractivity contribution is -0.164. The van der Waals surface area contributed by atoms with E-state index in [1.165, 1.54) is 4.90 Å². The monoisotopic (exact) mass is 657 g/mol. The van der Waals surface area contributed by atoms with Gasteiger partial charge in [-0.3, -0.25) is 19.2 Å². The van der Waals surface area contributed by atoms with E-state index >= 15 is 0 Å². The number of nitrogens with zero attached hydrogens (tertiary/aromatic N) is 3. The molecule has 0 aliphatic carbocycles. The van der Waals surface area contributed by atoms with Crippen LogP contribution in [-0.2, 0) is 28.7 Å². The van der Waals surface area contributed by atoms with Crippen molar-refractivity contribution >= 4 is 29.4 Å². The molecular weight excluding hydrogens is 614 g/mol. The van der Waals surface area contributed by atoms with Gasteiger partial charge in [-0.25, -0.2) is 0 Å². The number of carbonyl (C=O) groups excluding carboxylic acids is 4. The number of anilines is 1. The second kappa shape index (κ2) is 13.9. The fourth-order valence-electron chi connectivity index (χ4n) is 7.49. The quantitative estimate of drug-likeness (QED) is 0.273. The van der Waals surface area contributed by atoms with Crippen LogP contribution in [0.4, 0.5) is 5.69 Å². The molecule has 2 aromatic carbocycles. The summed E-state index contributed by atoms with van der Waals surface area (Å²) < 4.78 is 18.2. The van der Waals surface area contributed by atoms with Gasteiger partial charge in [0.1, 0.15) is 29.4 Å². The third-order valence-electron chi connectivity index (χ3n) is 10.1. The first kappa shape index (κ1) is 33.4. The van der Waals surface area contributed by atoms with Gasteiger partial charge in [0.15, 0.2) is 0 Å². The number of fused-ring (bicyclic) bond motifs is 2. The third kappa shape index (κ3) is 5.90. The van der Waals surface area contributed by atoms with Gasteiger partial charge in [0.2, 0.25) is 11.8 Å². The topological polar surface area (TPSA) is 126 Å². The predicted octanol–water partition coefficient (Wildman–Crippen LogP) is 3.43. The van der Waals surface area contributed by atoms with E-state index in [4.69, 9.17) is 14.2 Å². The number of cyclic esters (lactones) is 1. The fraction of sp³-hybridized carbons (Fsp3) is 0.459. The number of esters is 1. The van der Waals surface area contributed by atoms with Crippen molar-refractivity contribution in [2.75, 3.05) is 38.8 Å². The summed E-state index contributed by atoms with van der Waals surface area (Å²) in [6, 6.07) is 14.8. The van der Waals surface area contributed by atoms with Gasteiger partial charge in [0.05, 0.1) is 25.2 Å². The number of likely N-dealkylation sites (tertiary alicyclic amines) is 1. The molecule has 254 valence electrons. The first-order chi connectivity index (χ1) is 23.2. The van der Waals surface area contributed by atoms with Crippen LogP contribution < -0.4 is 9.64 Å². The van der Waals surface area contributed by atoms with Crippen LogP contribution in [0.15, 0.2) is 78.9 Å². The van der Waals surface area contributed by atoms with Crippen molar-refractivity contribution in [3.8, 4) is 5.75 Å². The minimum atomic E-state index is -1.38. The van der Waals surface area contributed by atoms with E-state index in [9.17, 15) is 24.3 Å². The Balaban J connectivity index is 1.44. The lowest BCUT2D eigenvalue weighted by atomic mass is 9.74. The Kier molecular flexibility index (Phi) is 9.70. The number of amides is 3. The summed E-state index contributed by atoms with van der Waals surface area (Å²) in [6.45, 7) is 2.18. The van der Waals surface area contributed by atoms with Gasteiger partial charge in [-0.15, -0.1) is 0 Å². The molecule has 11 heteroatoms. The van der Waals surface area contributed by atoms with E-state index < -0.39 is 47.7 Å².